The third-order valence-electron chi connectivity index (χ3n) is 3.97. The first-order chi connectivity index (χ1) is 12.6. The molecule has 0 spiro atoms. The summed E-state index contributed by atoms with van der Waals surface area (Å²) in [4.78, 5) is 25.5. The molecule has 0 aromatic heterocycles. The zero-order valence-corrected chi connectivity index (χ0v) is 14.3. The van der Waals surface area contributed by atoms with Crippen molar-refractivity contribution in [2.75, 3.05) is 30.4 Å². The van der Waals surface area contributed by atoms with Gasteiger partial charge in [-0.15, -0.1) is 0 Å². The molecule has 4 N–H and O–H groups in total. The van der Waals surface area contributed by atoms with E-state index in [2.05, 4.69) is 16.0 Å². The second kappa shape index (κ2) is 7.64. The van der Waals surface area contributed by atoms with Gasteiger partial charge in [0, 0.05) is 31.0 Å². The highest BCUT2D eigenvalue weighted by atomic mass is 16.5. The minimum atomic E-state index is -0.375. The summed E-state index contributed by atoms with van der Waals surface area (Å²) in [6.07, 6.45) is 0. The lowest BCUT2D eigenvalue weighted by molar-refractivity contribution is 0.251. The second-order valence-corrected chi connectivity index (χ2v) is 5.75. The van der Waals surface area contributed by atoms with Crippen LogP contribution in [0.3, 0.4) is 0 Å². The Hall–Kier alpha value is -3.42. The van der Waals surface area contributed by atoms with Crippen molar-refractivity contribution < 1.29 is 19.4 Å². The molecule has 8 nitrogen and oxygen atoms in total. The summed E-state index contributed by atoms with van der Waals surface area (Å²) >= 11 is 0. The number of phenolic OH excluding ortho intramolecular Hbond substituents is 1. The molecule has 0 atom stereocenters. The zero-order valence-electron chi connectivity index (χ0n) is 14.3. The predicted molar refractivity (Wildman–Crippen MR) is 97.7 cm³/mol. The van der Waals surface area contributed by atoms with Crippen molar-refractivity contribution in [2.24, 2.45) is 0 Å². The van der Waals surface area contributed by atoms with Gasteiger partial charge in [0.05, 0.1) is 7.11 Å². The highest BCUT2D eigenvalue weighted by Gasteiger charge is 2.21. The second-order valence-electron chi connectivity index (χ2n) is 5.75. The highest BCUT2D eigenvalue weighted by Crippen LogP contribution is 2.26. The molecule has 4 amide bonds. The molecule has 0 saturated carbocycles. The van der Waals surface area contributed by atoms with Gasteiger partial charge in [-0.3, -0.25) is 4.90 Å². The molecule has 0 radical (unpaired) electrons. The van der Waals surface area contributed by atoms with Crippen molar-refractivity contribution in [3.63, 3.8) is 0 Å². The Morgan fingerprint density at radius 3 is 2.88 bits per heavy atom. The SMILES string of the molecule is COc1cc(CNC(=O)Nc2cccc(N3CCNC3=O)c2)ccc1O. The van der Waals surface area contributed by atoms with E-state index in [1.165, 1.54) is 13.2 Å². The van der Waals surface area contributed by atoms with Crippen LogP contribution >= 0.6 is 0 Å². The number of urea groups is 2. The number of carbonyl (C=O) groups excluding carboxylic acids is 2. The summed E-state index contributed by atoms with van der Waals surface area (Å²) in [6, 6.07) is 11.4. The van der Waals surface area contributed by atoms with E-state index in [0.29, 0.717) is 24.5 Å². The van der Waals surface area contributed by atoms with Crippen molar-refractivity contribution >= 4 is 23.4 Å². The van der Waals surface area contributed by atoms with Crippen molar-refractivity contribution in [3.8, 4) is 11.5 Å². The summed E-state index contributed by atoms with van der Waals surface area (Å²) in [5.74, 6) is 0.393. The number of phenols is 1. The number of ether oxygens (including phenoxy) is 1. The van der Waals surface area contributed by atoms with Gasteiger partial charge in [0.1, 0.15) is 0 Å². The quantitative estimate of drug-likeness (QED) is 0.660. The molecule has 26 heavy (non-hydrogen) atoms. The molecular formula is C18H20N4O4. The number of anilines is 2. The summed E-state index contributed by atoms with van der Waals surface area (Å²) < 4.78 is 5.04. The Labute approximate surface area is 150 Å². The lowest BCUT2D eigenvalue weighted by Gasteiger charge is -2.15. The largest absolute Gasteiger partial charge is 0.504 e. The lowest BCUT2D eigenvalue weighted by Crippen LogP contribution is -2.29. The Kier molecular flexibility index (Phi) is 5.12. The van der Waals surface area contributed by atoms with E-state index < -0.39 is 0 Å². The molecular weight excluding hydrogens is 336 g/mol. The van der Waals surface area contributed by atoms with Crippen LogP contribution in [0.25, 0.3) is 0 Å². The van der Waals surface area contributed by atoms with Crippen LogP contribution < -0.4 is 25.6 Å². The molecule has 3 rings (SSSR count). The Balaban J connectivity index is 1.59. The average Bonchev–Trinajstić information content (AvgIpc) is 3.07. The van der Waals surface area contributed by atoms with E-state index in [0.717, 1.165) is 11.3 Å². The van der Waals surface area contributed by atoms with Gasteiger partial charge >= 0.3 is 12.1 Å². The molecule has 2 aromatic rings. The van der Waals surface area contributed by atoms with Gasteiger partial charge in [0.15, 0.2) is 11.5 Å². The predicted octanol–water partition coefficient (Wildman–Crippen LogP) is 2.25. The van der Waals surface area contributed by atoms with Crippen LogP contribution in [-0.4, -0.2) is 37.4 Å². The van der Waals surface area contributed by atoms with E-state index in [-0.39, 0.29) is 24.4 Å². The van der Waals surface area contributed by atoms with Crippen molar-refractivity contribution in [3.05, 3.63) is 48.0 Å². The van der Waals surface area contributed by atoms with Crippen LogP contribution in [0.2, 0.25) is 0 Å². The lowest BCUT2D eigenvalue weighted by atomic mass is 10.2. The van der Waals surface area contributed by atoms with Crippen LogP contribution in [0.4, 0.5) is 21.0 Å². The number of carbonyl (C=O) groups is 2. The van der Waals surface area contributed by atoms with Gasteiger partial charge in [-0.25, -0.2) is 9.59 Å². The number of nitrogens with one attached hydrogen (secondary N) is 3. The van der Waals surface area contributed by atoms with Crippen molar-refractivity contribution in [2.45, 2.75) is 6.54 Å². The maximum absolute atomic E-state index is 12.1. The minimum absolute atomic E-state index is 0.0449. The van der Waals surface area contributed by atoms with E-state index >= 15 is 0 Å². The first-order valence-corrected chi connectivity index (χ1v) is 8.13. The van der Waals surface area contributed by atoms with Crippen LogP contribution in [0, 0.1) is 0 Å². The Morgan fingerprint density at radius 2 is 2.15 bits per heavy atom. The Bertz CT molecular complexity index is 825. The van der Waals surface area contributed by atoms with Gasteiger partial charge in [-0.1, -0.05) is 12.1 Å². The summed E-state index contributed by atoms with van der Waals surface area (Å²) in [5, 5.41) is 17.8. The number of benzene rings is 2. The summed E-state index contributed by atoms with van der Waals surface area (Å²) in [6.45, 7) is 1.47. The van der Waals surface area contributed by atoms with E-state index in [4.69, 9.17) is 4.74 Å². The molecule has 0 aliphatic carbocycles. The maximum atomic E-state index is 12.1. The number of hydrogen-bond donors (Lipinski definition) is 4. The topological polar surface area (TPSA) is 103 Å². The fourth-order valence-corrected chi connectivity index (χ4v) is 2.66. The van der Waals surface area contributed by atoms with Crippen LogP contribution in [-0.2, 0) is 6.54 Å². The van der Waals surface area contributed by atoms with Crippen LogP contribution in [0.5, 0.6) is 11.5 Å². The van der Waals surface area contributed by atoms with Gasteiger partial charge in [0.25, 0.3) is 0 Å². The van der Waals surface area contributed by atoms with Gasteiger partial charge in [-0.2, -0.15) is 0 Å². The first kappa shape index (κ1) is 17.4. The molecule has 8 heteroatoms. The third kappa shape index (κ3) is 3.97. The fourth-order valence-electron chi connectivity index (χ4n) is 2.66. The number of methoxy groups -OCH3 is 1. The first-order valence-electron chi connectivity index (χ1n) is 8.13. The highest BCUT2D eigenvalue weighted by molar-refractivity contribution is 5.95. The maximum Gasteiger partial charge on any atom is 0.321 e. The van der Waals surface area contributed by atoms with E-state index in [1.807, 2.05) is 6.07 Å². The molecule has 0 bridgehead atoms. The van der Waals surface area contributed by atoms with Gasteiger partial charge in [0.2, 0.25) is 0 Å². The van der Waals surface area contributed by atoms with Crippen molar-refractivity contribution in [1.29, 1.82) is 0 Å². The third-order valence-corrected chi connectivity index (χ3v) is 3.97. The standard InChI is InChI=1S/C18H20N4O4/c1-26-16-9-12(5-6-15(16)23)11-20-17(24)21-13-3-2-4-14(10-13)22-8-7-19-18(22)25/h2-6,9-10,23H,7-8,11H2,1H3,(H,19,25)(H2,20,21,24). The summed E-state index contributed by atoms with van der Waals surface area (Å²) in [5.41, 5.74) is 2.10. The molecule has 1 saturated heterocycles. The molecule has 2 aromatic carbocycles. The number of nitrogens with zero attached hydrogens (tertiary/aromatic N) is 1. The molecule has 1 fully saturated rings. The number of hydrogen-bond acceptors (Lipinski definition) is 4. The fraction of sp³-hybridized carbons (Fsp3) is 0.222. The molecule has 0 unspecified atom stereocenters. The van der Waals surface area contributed by atoms with E-state index in [1.54, 1.807) is 35.2 Å². The van der Waals surface area contributed by atoms with E-state index in [9.17, 15) is 14.7 Å². The number of aromatic hydroxyl groups is 1. The molecule has 1 heterocycles. The normalized spacial score (nSPS) is 13.3. The summed E-state index contributed by atoms with van der Waals surface area (Å²) in [7, 11) is 1.46. The van der Waals surface area contributed by atoms with Gasteiger partial charge < -0.3 is 25.8 Å². The smallest absolute Gasteiger partial charge is 0.321 e. The molecule has 136 valence electrons. The Morgan fingerprint density at radius 1 is 1.31 bits per heavy atom. The zero-order chi connectivity index (χ0) is 18.5. The monoisotopic (exact) mass is 356 g/mol. The number of rotatable bonds is 5. The molecule has 1 aliphatic rings. The van der Waals surface area contributed by atoms with Gasteiger partial charge in [-0.05, 0) is 35.9 Å². The van der Waals surface area contributed by atoms with Crippen LogP contribution in [0.15, 0.2) is 42.5 Å². The number of amides is 4. The average molecular weight is 356 g/mol. The minimum Gasteiger partial charge on any atom is -0.504 e. The van der Waals surface area contributed by atoms with Crippen molar-refractivity contribution in [1.82, 2.24) is 10.6 Å². The van der Waals surface area contributed by atoms with Crippen LogP contribution in [0.1, 0.15) is 5.56 Å². The molecule has 1 aliphatic heterocycles.